The molecular formula is C11H16N4OS. The average Bonchev–Trinajstić information content (AvgIpc) is 2.64. The van der Waals surface area contributed by atoms with Crippen LogP contribution >= 0.6 is 11.3 Å². The van der Waals surface area contributed by atoms with E-state index in [0.717, 1.165) is 11.5 Å². The third-order valence-corrected chi connectivity index (χ3v) is 3.77. The lowest BCUT2D eigenvalue weighted by Gasteiger charge is -2.14. The summed E-state index contributed by atoms with van der Waals surface area (Å²) in [6.45, 7) is 2.73. The molecule has 0 fully saturated rings. The zero-order chi connectivity index (χ0) is 13.2. The zero-order valence-electron chi connectivity index (χ0n) is 10.4. The van der Waals surface area contributed by atoms with Gasteiger partial charge in [-0.2, -0.15) is 5.26 Å². The first-order chi connectivity index (χ1) is 7.93. The maximum absolute atomic E-state index is 11.9. The molecule has 1 rings (SSSR count). The topological polar surface area (TPSA) is 73.4 Å². The SMILES string of the molecule is CCN(C)c1sc(C(=O)N(C)C)c(N)c1C#N. The Balaban J connectivity index is 3.33. The van der Waals surface area contributed by atoms with Crippen molar-refractivity contribution in [1.82, 2.24) is 4.90 Å². The molecule has 92 valence electrons. The van der Waals surface area contributed by atoms with E-state index in [1.54, 1.807) is 14.1 Å². The molecule has 5 nitrogen and oxygen atoms in total. The van der Waals surface area contributed by atoms with Crippen molar-refractivity contribution < 1.29 is 4.79 Å². The minimum absolute atomic E-state index is 0.167. The van der Waals surface area contributed by atoms with Gasteiger partial charge in [-0.05, 0) is 6.92 Å². The first kappa shape index (κ1) is 13.3. The van der Waals surface area contributed by atoms with Gasteiger partial charge in [0.2, 0.25) is 0 Å². The predicted molar refractivity (Wildman–Crippen MR) is 70.4 cm³/mol. The van der Waals surface area contributed by atoms with Gasteiger partial charge in [-0.25, -0.2) is 0 Å². The van der Waals surface area contributed by atoms with E-state index in [2.05, 4.69) is 6.07 Å². The Morgan fingerprint density at radius 3 is 2.47 bits per heavy atom. The number of nitrogens with zero attached hydrogens (tertiary/aromatic N) is 3. The number of hydrogen-bond donors (Lipinski definition) is 1. The molecule has 0 saturated carbocycles. The minimum atomic E-state index is -0.167. The predicted octanol–water partition coefficient (Wildman–Crippen LogP) is 1.36. The van der Waals surface area contributed by atoms with Crippen LogP contribution in [0.2, 0.25) is 0 Å². The highest BCUT2D eigenvalue weighted by molar-refractivity contribution is 7.19. The van der Waals surface area contributed by atoms with Gasteiger partial charge in [-0.15, -0.1) is 11.3 Å². The fourth-order valence-electron chi connectivity index (χ4n) is 1.31. The summed E-state index contributed by atoms with van der Waals surface area (Å²) in [5, 5.41) is 9.85. The summed E-state index contributed by atoms with van der Waals surface area (Å²) >= 11 is 1.27. The molecule has 1 aromatic rings. The number of nitrogen functional groups attached to an aromatic ring is 1. The van der Waals surface area contributed by atoms with E-state index in [9.17, 15) is 4.79 Å². The van der Waals surface area contributed by atoms with Gasteiger partial charge in [0.1, 0.15) is 21.5 Å². The Morgan fingerprint density at radius 1 is 1.47 bits per heavy atom. The summed E-state index contributed by atoms with van der Waals surface area (Å²) in [5.74, 6) is -0.167. The van der Waals surface area contributed by atoms with Gasteiger partial charge in [0, 0.05) is 27.7 Å². The molecule has 0 aliphatic rings. The highest BCUT2D eigenvalue weighted by Gasteiger charge is 2.23. The molecule has 0 aliphatic carbocycles. The van der Waals surface area contributed by atoms with Crippen molar-refractivity contribution in [1.29, 1.82) is 5.26 Å². The monoisotopic (exact) mass is 252 g/mol. The second-order valence-electron chi connectivity index (χ2n) is 3.85. The van der Waals surface area contributed by atoms with E-state index >= 15 is 0 Å². The maximum Gasteiger partial charge on any atom is 0.265 e. The molecule has 0 radical (unpaired) electrons. The third-order valence-electron chi connectivity index (χ3n) is 2.46. The van der Waals surface area contributed by atoms with E-state index in [1.807, 2.05) is 18.9 Å². The molecular weight excluding hydrogens is 236 g/mol. The molecule has 0 spiro atoms. The summed E-state index contributed by atoms with van der Waals surface area (Å²) in [6.07, 6.45) is 0. The molecule has 1 amide bonds. The van der Waals surface area contributed by atoms with Gasteiger partial charge in [-0.1, -0.05) is 0 Å². The van der Waals surface area contributed by atoms with E-state index in [0.29, 0.717) is 10.4 Å². The fraction of sp³-hybridized carbons (Fsp3) is 0.455. The van der Waals surface area contributed by atoms with Crippen molar-refractivity contribution in [3.05, 3.63) is 10.4 Å². The molecule has 0 aromatic carbocycles. The summed E-state index contributed by atoms with van der Waals surface area (Å²) in [5.41, 5.74) is 6.54. The van der Waals surface area contributed by atoms with Crippen molar-refractivity contribution in [2.45, 2.75) is 6.92 Å². The third kappa shape index (κ3) is 2.34. The van der Waals surface area contributed by atoms with Crippen LogP contribution in [-0.4, -0.2) is 38.5 Å². The molecule has 0 bridgehead atoms. The number of carbonyl (C=O) groups is 1. The molecule has 0 aliphatic heterocycles. The van der Waals surface area contributed by atoms with Gasteiger partial charge >= 0.3 is 0 Å². The Kier molecular flexibility index (Phi) is 3.97. The molecule has 2 N–H and O–H groups in total. The largest absolute Gasteiger partial charge is 0.396 e. The summed E-state index contributed by atoms with van der Waals surface area (Å²) < 4.78 is 0. The van der Waals surface area contributed by atoms with E-state index in [-0.39, 0.29) is 11.6 Å². The number of anilines is 2. The quantitative estimate of drug-likeness (QED) is 0.881. The highest BCUT2D eigenvalue weighted by Crippen LogP contribution is 2.37. The van der Waals surface area contributed by atoms with Crippen LogP contribution in [0.5, 0.6) is 0 Å². The number of carbonyl (C=O) groups excluding carboxylic acids is 1. The van der Waals surface area contributed by atoms with Crippen molar-refractivity contribution in [3.8, 4) is 6.07 Å². The van der Waals surface area contributed by atoms with Crippen molar-refractivity contribution in [3.63, 3.8) is 0 Å². The van der Waals surface area contributed by atoms with Crippen LogP contribution < -0.4 is 10.6 Å². The number of amides is 1. The second-order valence-corrected chi connectivity index (χ2v) is 4.85. The van der Waals surface area contributed by atoms with Gasteiger partial charge in [0.05, 0.1) is 5.69 Å². The number of hydrogen-bond acceptors (Lipinski definition) is 5. The van der Waals surface area contributed by atoms with Crippen LogP contribution in [0.15, 0.2) is 0 Å². The molecule has 0 unspecified atom stereocenters. The molecule has 0 saturated heterocycles. The average molecular weight is 252 g/mol. The first-order valence-electron chi connectivity index (χ1n) is 5.19. The van der Waals surface area contributed by atoms with Gasteiger partial charge < -0.3 is 15.5 Å². The molecule has 6 heteroatoms. The maximum atomic E-state index is 11.9. The lowest BCUT2D eigenvalue weighted by atomic mass is 10.2. The summed E-state index contributed by atoms with van der Waals surface area (Å²) in [6, 6.07) is 2.07. The number of nitriles is 1. The molecule has 1 aromatic heterocycles. The fourth-order valence-corrected chi connectivity index (χ4v) is 2.53. The van der Waals surface area contributed by atoms with Crippen LogP contribution in [0.4, 0.5) is 10.7 Å². The lowest BCUT2D eigenvalue weighted by molar-refractivity contribution is 0.0833. The standard InChI is InChI=1S/C11H16N4OS/c1-5-15(4)11-7(6-12)8(13)9(17-11)10(16)14(2)3/h5,13H2,1-4H3. The van der Waals surface area contributed by atoms with Crippen molar-refractivity contribution in [2.75, 3.05) is 38.3 Å². The van der Waals surface area contributed by atoms with Crippen LogP contribution in [0.1, 0.15) is 22.2 Å². The first-order valence-corrected chi connectivity index (χ1v) is 6.00. The Labute approximate surface area is 105 Å². The van der Waals surface area contributed by atoms with E-state index in [1.165, 1.54) is 16.2 Å². The Hall–Kier alpha value is -1.74. The van der Waals surface area contributed by atoms with Crippen LogP contribution in [0.25, 0.3) is 0 Å². The van der Waals surface area contributed by atoms with Crippen molar-refractivity contribution in [2.24, 2.45) is 0 Å². The lowest BCUT2D eigenvalue weighted by Crippen LogP contribution is -2.21. The molecule has 0 atom stereocenters. The molecule has 1 heterocycles. The van der Waals surface area contributed by atoms with E-state index < -0.39 is 0 Å². The van der Waals surface area contributed by atoms with Gasteiger partial charge in [0.25, 0.3) is 5.91 Å². The zero-order valence-corrected chi connectivity index (χ0v) is 11.3. The summed E-state index contributed by atoms with van der Waals surface area (Å²) in [4.78, 5) is 15.7. The smallest absolute Gasteiger partial charge is 0.265 e. The Morgan fingerprint density at radius 2 is 2.06 bits per heavy atom. The number of rotatable bonds is 3. The Bertz CT molecular complexity index is 473. The van der Waals surface area contributed by atoms with Crippen LogP contribution in [-0.2, 0) is 0 Å². The van der Waals surface area contributed by atoms with Crippen LogP contribution in [0.3, 0.4) is 0 Å². The van der Waals surface area contributed by atoms with Gasteiger partial charge in [0.15, 0.2) is 0 Å². The van der Waals surface area contributed by atoms with E-state index in [4.69, 9.17) is 11.0 Å². The van der Waals surface area contributed by atoms with Crippen molar-refractivity contribution >= 4 is 27.9 Å². The number of thiophene rings is 1. The molecule has 17 heavy (non-hydrogen) atoms. The highest BCUT2D eigenvalue weighted by atomic mass is 32.1. The number of nitrogens with two attached hydrogens (primary N) is 1. The normalized spacial score (nSPS) is 9.82. The van der Waals surface area contributed by atoms with Gasteiger partial charge in [-0.3, -0.25) is 4.79 Å². The minimum Gasteiger partial charge on any atom is -0.396 e. The van der Waals surface area contributed by atoms with Crippen LogP contribution in [0, 0.1) is 11.3 Å². The summed E-state index contributed by atoms with van der Waals surface area (Å²) in [7, 11) is 5.20. The second kappa shape index (κ2) is 5.06.